The van der Waals surface area contributed by atoms with E-state index >= 15 is 0 Å². The molecule has 0 bridgehead atoms. The van der Waals surface area contributed by atoms with Crippen LogP contribution in [0.15, 0.2) is 41.2 Å². The summed E-state index contributed by atoms with van der Waals surface area (Å²) in [6, 6.07) is 10.3. The molecule has 0 aliphatic rings. The fourth-order valence-corrected chi connectivity index (χ4v) is 3.24. The molecular formula is C20H19ClN2O3. The number of hydrogen-bond acceptors (Lipinski definition) is 3. The predicted octanol–water partition coefficient (Wildman–Crippen LogP) is 4.31. The lowest BCUT2D eigenvalue weighted by Crippen LogP contribution is -2.15. The lowest BCUT2D eigenvalue weighted by molar-refractivity contribution is 0.102. The summed E-state index contributed by atoms with van der Waals surface area (Å²) < 4.78 is 5.22. The topological polar surface area (TPSA) is 71.2 Å². The maximum absolute atomic E-state index is 12.6. The average molecular weight is 371 g/mol. The zero-order valence-electron chi connectivity index (χ0n) is 14.8. The number of benzene rings is 2. The SMILES string of the molecule is CCc1c(C)c2ccc(NC(=O)c3cc(Cl)ccc3OC)cc2[nH]c1=O. The second-order valence-electron chi connectivity index (χ2n) is 5.97. The Labute approximate surface area is 156 Å². The van der Waals surface area contributed by atoms with Crippen molar-refractivity contribution in [2.24, 2.45) is 0 Å². The molecule has 3 rings (SSSR count). The van der Waals surface area contributed by atoms with Gasteiger partial charge in [-0.3, -0.25) is 9.59 Å². The van der Waals surface area contributed by atoms with Crippen LogP contribution in [0.4, 0.5) is 5.69 Å². The third-order valence-corrected chi connectivity index (χ3v) is 4.65. The maximum Gasteiger partial charge on any atom is 0.259 e. The summed E-state index contributed by atoms with van der Waals surface area (Å²) in [5, 5.41) is 4.22. The number of carbonyl (C=O) groups excluding carboxylic acids is 1. The number of pyridine rings is 1. The molecule has 26 heavy (non-hydrogen) atoms. The van der Waals surface area contributed by atoms with Gasteiger partial charge >= 0.3 is 0 Å². The Bertz CT molecular complexity index is 1060. The first kappa shape index (κ1) is 18.0. The molecule has 0 saturated heterocycles. The lowest BCUT2D eigenvalue weighted by atomic mass is 10.0. The summed E-state index contributed by atoms with van der Waals surface area (Å²) in [6.07, 6.45) is 0.671. The number of halogens is 1. The normalized spacial score (nSPS) is 10.8. The molecule has 0 radical (unpaired) electrons. The molecule has 2 aromatic carbocycles. The minimum atomic E-state index is -0.340. The fraction of sp³-hybridized carbons (Fsp3) is 0.200. The van der Waals surface area contributed by atoms with Gasteiger partial charge in [-0.2, -0.15) is 0 Å². The minimum absolute atomic E-state index is 0.0995. The third kappa shape index (κ3) is 3.30. The van der Waals surface area contributed by atoms with Crippen LogP contribution in [0.3, 0.4) is 0 Å². The first-order valence-corrected chi connectivity index (χ1v) is 8.62. The third-order valence-electron chi connectivity index (χ3n) is 4.42. The Morgan fingerprint density at radius 2 is 2.00 bits per heavy atom. The van der Waals surface area contributed by atoms with Crippen LogP contribution in [0.5, 0.6) is 5.75 Å². The second kappa shape index (κ2) is 7.22. The summed E-state index contributed by atoms with van der Waals surface area (Å²) in [5.41, 5.74) is 3.23. The second-order valence-corrected chi connectivity index (χ2v) is 6.41. The van der Waals surface area contributed by atoms with E-state index in [1.165, 1.54) is 7.11 Å². The molecule has 0 atom stereocenters. The van der Waals surface area contributed by atoms with Gasteiger partial charge in [0.05, 0.1) is 18.2 Å². The highest BCUT2D eigenvalue weighted by Crippen LogP contribution is 2.25. The van der Waals surface area contributed by atoms with Crippen LogP contribution < -0.4 is 15.6 Å². The van der Waals surface area contributed by atoms with E-state index in [2.05, 4.69) is 10.3 Å². The van der Waals surface area contributed by atoms with Crippen LogP contribution in [0, 0.1) is 6.92 Å². The van der Waals surface area contributed by atoms with Gasteiger partial charge in [-0.05, 0) is 49.2 Å². The van der Waals surface area contributed by atoms with Crippen LogP contribution >= 0.6 is 11.6 Å². The van der Waals surface area contributed by atoms with Crippen molar-refractivity contribution in [2.75, 3.05) is 12.4 Å². The highest BCUT2D eigenvalue weighted by molar-refractivity contribution is 6.31. The number of nitrogens with one attached hydrogen (secondary N) is 2. The summed E-state index contributed by atoms with van der Waals surface area (Å²) in [4.78, 5) is 27.7. The van der Waals surface area contributed by atoms with E-state index in [1.807, 2.05) is 26.0 Å². The highest BCUT2D eigenvalue weighted by Gasteiger charge is 2.14. The Morgan fingerprint density at radius 1 is 1.23 bits per heavy atom. The van der Waals surface area contributed by atoms with Crippen LogP contribution in [-0.4, -0.2) is 18.0 Å². The van der Waals surface area contributed by atoms with Gasteiger partial charge in [0.1, 0.15) is 5.75 Å². The molecule has 0 aliphatic carbocycles. The number of H-pyrrole nitrogens is 1. The minimum Gasteiger partial charge on any atom is -0.496 e. The number of methoxy groups -OCH3 is 1. The zero-order chi connectivity index (χ0) is 18.8. The van der Waals surface area contributed by atoms with E-state index in [0.717, 1.165) is 16.5 Å². The monoisotopic (exact) mass is 370 g/mol. The molecule has 0 saturated carbocycles. The first-order valence-electron chi connectivity index (χ1n) is 8.25. The number of ether oxygens (including phenoxy) is 1. The van der Waals surface area contributed by atoms with Crippen molar-refractivity contribution in [1.82, 2.24) is 4.98 Å². The number of anilines is 1. The van der Waals surface area contributed by atoms with Crippen molar-refractivity contribution >= 4 is 34.1 Å². The number of fused-ring (bicyclic) bond motifs is 1. The Morgan fingerprint density at radius 3 is 2.69 bits per heavy atom. The average Bonchev–Trinajstić information content (AvgIpc) is 2.61. The molecule has 6 heteroatoms. The van der Waals surface area contributed by atoms with E-state index in [4.69, 9.17) is 16.3 Å². The quantitative estimate of drug-likeness (QED) is 0.718. The number of rotatable bonds is 4. The molecular weight excluding hydrogens is 352 g/mol. The van der Waals surface area contributed by atoms with Gasteiger partial charge < -0.3 is 15.0 Å². The van der Waals surface area contributed by atoms with Gasteiger partial charge in [-0.1, -0.05) is 24.6 Å². The van der Waals surface area contributed by atoms with Gasteiger partial charge in [-0.15, -0.1) is 0 Å². The molecule has 0 fully saturated rings. The number of aromatic amines is 1. The molecule has 0 aliphatic heterocycles. The Kier molecular flexibility index (Phi) is 5.00. The van der Waals surface area contributed by atoms with E-state index < -0.39 is 0 Å². The number of aromatic nitrogens is 1. The molecule has 134 valence electrons. The standard InChI is InChI=1S/C20H19ClN2O3/c1-4-14-11(2)15-7-6-13(10-17(15)23-19(14)24)22-20(25)16-9-12(21)5-8-18(16)26-3/h5-10H,4H2,1-3H3,(H,22,25)(H,23,24). The molecule has 0 unspecified atom stereocenters. The van der Waals surface area contributed by atoms with Gasteiger partial charge in [0.15, 0.2) is 0 Å². The Balaban J connectivity index is 1.98. The van der Waals surface area contributed by atoms with Crippen molar-refractivity contribution in [3.8, 4) is 5.75 Å². The van der Waals surface area contributed by atoms with Crippen LogP contribution in [-0.2, 0) is 6.42 Å². The summed E-state index contributed by atoms with van der Waals surface area (Å²) in [5.74, 6) is 0.0949. The van der Waals surface area contributed by atoms with Crippen molar-refractivity contribution in [2.45, 2.75) is 20.3 Å². The molecule has 2 N–H and O–H groups in total. The van der Waals surface area contributed by atoms with Crippen molar-refractivity contribution < 1.29 is 9.53 Å². The lowest BCUT2D eigenvalue weighted by Gasteiger charge is -2.12. The fourth-order valence-electron chi connectivity index (χ4n) is 3.06. The van der Waals surface area contributed by atoms with E-state index in [-0.39, 0.29) is 11.5 Å². The van der Waals surface area contributed by atoms with Gasteiger partial charge in [0, 0.05) is 21.7 Å². The number of hydrogen-bond donors (Lipinski definition) is 2. The zero-order valence-corrected chi connectivity index (χ0v) is 15.5. The molecule has 0 spiro atoms. The summed E-state index contributed by atoms with van der Waals surface area (Å²) >= 11 is 5.99. The van der Waals surface area contributed by atoms with Gasteiger partial charge in [0.2, 0.25) is 0 Å². The maximum atomic E-state index is 12.6. The number of carbonyl (C=O) groups is 1. The van der Waals surface area contributed by atoms with E-state index in [0.29, 0.717) is 34.0 Å². The van der Waals surface area contributed by atoms with Crippen molar-refractivity contribution in [1.29, 1.82) is 0 Å². The van der Waals surface area contributed by atoms with Crippen molar-refractivity contribution in [3.63, 3.8) is 0 Å². The van der Waals surface area contributed by atoms with Gasteiger partial charge in [-0.25, -0.2) is 0 Å². The van der Waals surface area contributed by atoms with Crippen molar-refractivity contribution in [3.05, 3.63) is 68.5 Å². The smallest absolute Gasteiger partial charge is 0.259 e. The molecule has 3 aromatic rings. The molecule has 1 aromatic heterocycles. The molecule has 1 heterocycles. The van der Waals surface area contributed by atoms with Crippen LogP contribution in [0.1, 0.15) is 28.4 Å². The molecule has 5 nitrogen and oxygen atoms in total. The first-order chi connectivity index (χ1) is 12.4. The van der Waals surface area contributed by atoms with E-state index in [1.54, 1.807) is 24.3 Å². The van der Waals surface area contributed by atoms with Crippen LogP contribution in [0.25, 0.3) is 10.9 Å². The van der Waals surface area contributed by atoms with E-state index in [9.17, 15) is 9.59 Å². The predicted molar refractivity (Wildman–Crippen MR) is 105 cm³/mol. The number of aryl methyl sites for hydroxylation is 1. The van der Waals surface area contributed by atoms with Crippen LogP contribution in [0.2, 0.25) is 5.02 Å². The number of amides is 1. The molecule has 1 amide bonds. The van der Waals surface area contributed by atoms with Gasteiger partial charge in [0.25, 0.3) is 11.5 Å². The highest BCUT2D eigenvalue weighted by atomic mass is 35.5. The largest absolute Gasteiger partial charge is 0.496 e. The summed E-state index contributed by atoms with van der Waals surface area (Å²) in [7, 11) is 1.49. The summed E-state index contributed by atoms with van der Waals surface area (Å²) in [6.45, 7) is 3.89. The Hall–Kier alpha value is -2.79.